The molecule has 1 heterocycles. The van der Waals surface area contributed by atoms with Crippen molar-refractivity contribution in [1.29, 1.82) is 0 Å². The molecule has 1 unspecified atom stereocenters. The number of halogens is 3. The summed E-state index contributed by atoms with van der Waals surface area (Å²) in [6.07, 6.45) is -3.51. The zero-order valence-electron chi connectivity index (χ0n) is 15.3. The largest absolute Gasteiger partial charge is 0.497 e. The van der Waals surface area contributed by atoms with Crippen molar-refractivity contribution in [3.8, 4) is 5.75 Å². The lowest BCUT2D eigenvalue weighted by Crippen LogP contribution is -2.13. The van der Waals surface area contributed by atoms with E-state index < -0.39 is 27.1 Å². The summed E-state index contributed by atoms with van der Waals surface area (Å²) in [6, 6.07) is 12.4. The number of ether oxygens (including phenoxy) is 1. The van der Waals surface area contributed by atoms with Crippen molar-refractivity contribution in [2.45, 2.75) is 17.1 Å². The Balaban J connectivity index is 2.03. The fraction of sp³-hybridized carbons (Fsp3) is 0.222. The molecule has 0 spiro atoms. The van der Waals surface area contributed by atoms with Crippen molar-refractivity contribution < 1.29 is 26.3 Å². The monoisotopic (exact) mass is 443 g/mol. The molecule has 0 fully saturated rings. The number of hydrogen-bond donors (Lipinski definition) is 1. The summed E-state index contributed by atoms with van der Waals surface area (Å²) in [7, 11) is -1.95. The molecule has 0 aliphatic heterocycles. The summed E-state index contributed by atoms with van der Waals surface area (Å²) in [5, 5.41) is 8.57. The number of anilines is 1. The molecule has 0 saturated carbocycles. The van der Waals surface area contributed by atoms with Crippen LogP contribution in [0.5, 0.6) is 5.75 Å². The first kappa shape index (κ1) is 21.1. The molecule has 0 amide bonds. The van der Waals surface area contributed by atoms with Gasteiger partial charge in [0, 0.05) is 6.26 Å². The first-order valence-corrected chi connectivity index (χ1v) is 10.9. The lowest BCUT2D eigenvalue weighted by atomic mass is 9.99. The Kier molecular flexibility index (Phi) is 5.80. The minimum absolute atomic E-state index is 0.0390. The molecule has 1 aromatic heterocycles. The van der Waals surface area contributed by atoms with Gasteiger partial charge in [-0.3, -0.25) is 0 Å². The van der Waals surface area contributed by atoms with Crippen LogP contribution >= 0.6 is 11.3 Å². The van der Waals surface area contributed by atoms with Crippen molar-refractivity contribution in [1.82, 2.24) is 10.2 Å². The highest BCUT2D eigenvalue weighted by Crippen LogP contribution is 2.35. The Morgan fingerprint density at radius 1 is 1.07 bits per heavy atom. The van der Waals surface area contributed by atoms with E-state index in [0.29, 0.717) is 28.2 Å². The van der Waals surface area contributed by atoms with Crippen LogP contribution in [0.2, 0.25) is 0 Å². The number of hydrogen-bond acceptors (Lipinski definition) is 7. The van der Waals surface area contributed by atoms with Gasteiger partial charge in [-0.1, -0.05) is 35.6 Å². The summed E-state index contributed by atoms with van der Waals surface area (Å²) < 4.78 is 67.5. The Morgan fingerprint density at radius 2 is 1.76 bits per heavy atom. The van der Waals surface area contributed by atoms with Gasteiger partial charge in [-0.05, 0) is 35.4 Å². The molecule has 1 N–H and O–H groups in total. The molecule has 2 aromatic carbocycles. The van der Waals surface area contributed by atoms with Crippen LogP contribution in [0.25, 0.3) is 0 Å². The fourth-order valence-electron chi connectivity index (χ4n) is 2.60. The topological polar surface area (TPSA) is 81.2 Å². The summed E-state index contributed by atoms with van der Waals surface area (Å²) in [5.74, 6) is 0.604. The van der Waals surface area contributed by atoms with Crippen LogP contribution in [0.4, 0.5) is 18.3 Å². The fourth-order valence-corrected chi connectivity index (χ4v) is 3.91. The maximum Gasteiger partial charge on any atom is 0.445 e. The van der Waals surface area contributed by atoms with Crippen LogP contribution in [0.3, 0.4) is 0 Å². The third-order valence-electron chi connectivity index (χ3n) is 4.00. The highest BCUT2D eigenvalue weighted by molar-refractivity contribution is 7.90. The molecule has 0 aliphatic carbocycles. The van der Waals surface area contributed by atoms with Crippen molar-refractivity contribution in [3.63, 3.8) is 0 Å². The van der Waals surface area contributed by atoms with Gasteiger partial charge in [-0.25, -0.2) is 8.42 Å². The molecule has 11 heteroatoms. The Bertz CT molecular complexity index is 1100. The minimum atomic E-state index is -4.59. The number of methoxy groups -OCH3 is 1. The molecule has 0 aliphatic rings. The lowest BCUT2D eigenvalue weighted by Gasteiger charge is -2.20. The highest BCUT2D eigenvalue weighted by atomic mass is 32.2. The van der Waals surface area contributed by atoms with Crippen LogP contribution in [-0.2, 0) is 16.0 Å². The normalized spacial score (nSPS) is 13.1. The number of benzene rings is 2. The summed E-state index contributed by atoms with van der Waals surface area (Å²) >= 11 is 0.374. The van der Waals surface area contributed by atoms with Crippen molar-refractivity contribution >= 4 is 26.3 Å². The van der Waals surface area contributed by atoms with Gasteiger partial charge in [0.25, 0.3) is 0 Å². The standard InChI is InChI=1S/C18H16F3N3O3S2/c1-27-13-8-6-11(7-9-13)15(12-4-3-5-14(10-12)29(2,25)26)22-17-24-23-16(28-17)18(19,20)21/h3-10,15H,1-2H3,(H,22,24). The van der Waals surface area contributed by atoms with Gasteiger partial charge in [0.15, 0.2) is 9.84 Å². The van der Waals surface area contributed by atoms with Crippen LogP contribution < -0.4 is 10.1 Å². The van der Waals surface area contributed by atoms with E-state index in [9.17, 15) is 21.6 Å². The first-order valence-electron chi connectivity index (χ1n) is 8.19. The third-order valence-corrected chi connectivity index (χ3v) is 6.01. The molecule has 3 aromatic rings. The van der Waals surface area contributed by atoms with Crippen LogP contribution in [0.1, 0.15) is 22.2 Å². The molecule has 6 nitrogen and oxygen atoms in total. The molecule has 3 rings (SSSR count). The molecular formula is C18H16F3N3O3S2. The number of alkyl halides is 3. The van der Waals surface area contributed by atoms with E-state index in [2.05, 4.69) is 15.5 Å². The van der Waals surface area contributed by atoms with Gasteiger partial charge in [0.05, 0.1) is 18.0 Å². The lowest BCUT2D eigenvalue weighted by molar-refractivity contribution is -0.138. The quantitative estimate of drug-likeness (QED) is 0.616. The average molecular weight is 443 g/mol. The van der Waals surface area contributed by atoms with Gasteiger partial charge in [-0.2, -0.15) is 13.2 Å². The molecule has 1 atom stereocenters. The Hall–Kier alpha value is -2.66. The minimum Gasteiger partial charge on any atom is -0.497 e. The second-order valence-electron chi connectivity index (χ2n) is 6.11. The zero-order valence-corrected chi connectivity index (χ0v) is 16.9. The smallest absolute Gasteiger partial charge is 0.445 e. The number of nitrogens with zero attached hydrogens (tertiary/aromatic N) is 2. The maximum atomic E-state index is 12.9. The number of aromatic nitrogens is 2. The van der Waals surface area contributed by atoms with E-state index >= 15 is 0 Å². The van der Waals surface area contributed by atoms with Gasteiger partial charge in [0.2, 0.25) is 10.1 Å². The van der Waals surface area contributed by atoms with Crippen molar-refractivity contribution in [2.24, 2.45) is 0 Å². The number of nitrogens with one attached hydrogen (secondary N) is 1. The van der Waals surface area contributed by atoms with Crippen LogP contribution in [-0.4, -0.2) is 32.0 Å². The zero-order chi connectivity index (χ0) is 21.2. The van der Waals surface area contributed by atoms with E-state index in [1.165, 1.54) is 19.2 Å². The summed E-state index contributed by atoms with van der Waals surface area (Å²) in [4.78, 5) is 0.101. The Morgan fingerprint density at radius 3 is 2.31 bits per heavy atom. The summed E-state index contributed by atoms with van der Waals surface area (Å²) in [5.41, 5.74) is 1.22. The van der Waals surface area contributed by atoms with Crippen molar-refractivity contribution in [3.05, 3.63) is 64.7 Å². The highest BCUT2D eigenvalue weighted by Gasteiger charge is 2.36. The SMILES string of the molecule is COc1ccc(C(Nc2nnc(C(F)(F)F)s2)c2cccc(S(C)(=O)=O)c2)cc1. The molecule has 29 heavy (non-hydrogen) atoms. The second-order valence-corrected chi connectivity index (χ2v) is 9.10. The summed E-state index contributed by atoms with van der Waals surface area (Å²) in [6.45, 7) is 0. The second kappa shape index (κ2) is 7.99. The predicted molar refractivity (Wildman–Crippen MR) is 103 cm³/mol. The third kappa shape index (κ3) is 5.04. The van der Waals surface area contributed by atoms with E-state index in [-0.39, 0.29) is 10.0 Å². The Labute approximate surface area is 169 Å². The predicted octanol–water partition coefficient (Wildman–Crippen LogP) is 4.17. The van der Waals surface area contributed by atoms with Gasteiger partial charge in [-0.15, -0.1) is 10.2 Å². The number of rotatable bonds is 6. The maximum absolute atomic E-state index is 12.9. The number of sulfone groups is 1. The first-order chi connectivity index (χ1) is 13.6. The molecule has 0 bridgehead atoms. The van der Waals surface area contributed by atoms with Crippen molar-refractivity contribution in [2.75, 3.05) is 18.7 Å². The molecular weight excluding hydrogens is 427 g/mol. The van der Waals surface area contributed by atoms with Gasteiger partial charge >= 0.3 is 6.18 Å². The van der Waals surface area contributed by atoms with Gasteiger partial charge in [0.1, 0.15) is 5.75 Å². The molecule has 0 saturated heterocycles. The van der Waals surface area contributed by atoms with Crippen LogP contribution in [0.15, 0.2) is 53.4 Å². The van der Waals surface area contributed by atoms with E-state index in [4.69, 9.17) is 4.74 Å². The molecule has 154 valence electrons. The molecule has 0 radical (unpaired) electrons. The average Bonchev–Trinajstić information content (AvgIpc) is 3.15. The van der Waals surface area contributed by atoms with E-state index in [0.717, 1.165) is 6.26 Å². The van der Waals surface area contributed by atoms with E-state index in [1.807, 2.05) is 0 Å². The van der Waals surface area contributed by atoms with Crippen LogP contribution in [0, 0.1) is 0 Å². The van der Waals surface area contributed by atoms with E-state index in [1.54, 1.807) is 36.4 Å². The van der Waals surface area contributed by atoms with Gasteiger partial charge < -0.3 is 10.1 Å².